The first kappa shape index (κ1) is 23.5. The van der Waals surface area contributed by atoms with Crippen molar-refractivity contribution in [2.24, 2.45) is 0 Å². The van der Waals surface area contributed by atoms with Gasteiger partial charge in [0.1, 0.15) is 10.3 Å². The molecule has 5 aromatic carbocycles. The van der Waals surface area contributed by atoms with Gasteiger partial charge in [0.25, 0.3) is 0 Å². The highest BCUT2D eigenvalue weighted by molar-refractivity contribution is 7.25. The lowest BCUT2D eigenvalue weighted by Gasteiger charge is -2.09. The van der Waals surface area contributed by atoms with Gasteiger partial charge in [-0.15, -0.1) is 11.3 Å². The van der Waals surface area contributed by atoms with Gasteiger partial charge in [-0.25, -0.2) is 24.9 Å². The summed E-state index contributed by atoms with van der Waals surface area (Å²) >= 11 is 1.67. The summed E-state index contributed by atoms with van der Waals surface area (Å²) in [4.78, 5) is 25.6. The van der Waals surface area contributed by atoms with E-state index in [4.69, 9.17) is 24.9 Å². The lowest BCUT2D eigenvalue weighted by molar-refractivity contribution is 1.07. The molecule has 0 aliphatic rings. The lowest BCUT2D eigenvalue weighted by atomic mass is 10.0. The monoisotopic (exact) mass is 543 g/mol. The Balaban J connectivity index is 1.27. The van der Waals surface area contributed by atoms with Crippen LogP contribution in [0.15, 0.2) is 127 Å². The highest BCUT2D eigenvalue weighted by atomic mass is 32.1. The summed E-state index contributed by atoms with van der Waals surface area (Å²) in [6.07, 6.45) is 0. The van der Waals surface area contributed by atoms with Crippen molar-refractivity contribution in [3.05, 3.63) is 127 Å². The predicted octanol–water partition coefficient (Wildman–Crippen LogP) is 8.85. The largest absolute Gasteiger partial charge is 0.243 e. The molecule has 0 fully saturated rings. The van der Waals surface area contributed by atoms with Crippen molar-refractivity contribution in [3.63, 3.8) is 0 Å². The third-order valence-electron chi connectivity index (χ3n) is 7.16. The fourth-order valence-corrected chi connectivity index (χ4v) is 6.10. The van der Waals surface area contributed by atoms with Gasteiger partial charge in [0, 0.05) is 26.8 Å². The molecule has 0 saturated carbocycles. The number of aromatic nitrogens is 5. The number of hydrogen-bond acceptors (Lipinski definition) is 6. The van der Waals surface area contributed by atoms with E-state index in [1.165, 1.54) is 10.3 Å². The summed E-state index contributed by atoms with van der Waals surface area (Å²) in [6.45, 7) is 0. The van der Waals surface area contributed by atoms with Gasteiger partial charge < -0.3 is 0 Å². The highest BCUT2D eigenvalue weighted by Gasteiger charge is 2.15. The van der Waals surface area contributed by atoms with Crippen LogP contribution in [0.3, 0.4) is 0 Å². The molecule has 41 heavy (non-hydrogen) atoms. The Bertz CT molecular complexity index is 2190. The summed E-state index contributed by atoms with van der Waals surface area (Å²) < 4.78 is 1.19. The smallest absolute Gasteiger partial charge is 0.164 e. The highest BCUT2D eigenvalue weighted by Crippen LogP contribution is 2.33. The molecule has 0 aliphatic heterocycles. The van der Waals surface area contributed by atoms with Crippen LogP contribution in [0, 0.1) is 0 Å². The standard InChI is InChI=1S/C35H21N5S/c1-3-9-22(10-4-1)23-15-17-25(18-16-23)33-38-32(24-11-5-2-6-12-24)39-34(40-33)26-19-20-28-29(21-26)36-31-27-13-7-8-14-30(27)41-35(31)37-28/h1-21H. The fourth-order valence-electron chi connectivity index (χ4n) is 5.07. The second-order valence-electron chi connectivity index (χ2n) is 9.79. The maximum Gasteiger partial charge on any atom is 0.164 e. The van der Waals surface area contributed by atoms with Crippen molar-refractivity contribution in [2.75, 3.05) is 0 Å². The van der Waals surface area contributed by atoms with E-state index in [2.05, 4.69) is 48.5 Å². The van der Waals surface area contributed by atoms with Gasteiger partial charge in [-0.3, -0.25) is 0 Å². The molecule has 0 bridgehead atoms. The van der Waals surface area contributed by atoms with E-state index < -0.39 is 0 Å². The van der Waals surface area contributed by atoms with Crippen LogP contribution in [-0.4, -0.2) is 24.9 Å². The van der Waals surface area contributed by atoms with Gasteiger partial charge in [0.15, 0.2) is 17.5 Å². The van der Waals surface area contributed by atoms with Crippen LogP contribution in [0.4, 0.5) is 0 Å². The molecule has 3 heterocycles. The number of fused-ring (bicyclic) bond motifs is 4. The Morgan fingerprint density at radius 1 is 0.390 bits per heavy atom. The van der Waals surface area contributed by atoms with Crippen molar-refractivity contribution in [2.45, 2.75) is 0 Å². The summed E-state index contributed by atoms with van der Waals surface area (Å²) in [7, 11) is 0. The molecule has 3 aromatic heterocycles. The van der Waals surface area contributed by atoms with Gasteiger partial charge in [-0.2, -0.15) is 0 Å². The molecule has 0 unspecified atom stereocenters. The molecule has 0 atom stereocenters. The van der Waals surface area contributed by atoms with Crippen LogP contribution >= 0.6 is 11.3 Å². The van der Waals surface area contributed by atoms with Gasteiger partial charge >= 0.3 is 0 Å². The van der Waals surface area contributed by atoms with Gasteiger partial charge in [-0.05, 0) is 35.4 Å². The van der Waals surface area contributed by atoms with Crippen molar-refractivity contribution in [1.82, 2.24) is 24.9 Å². The maximum atomic E-state index is 5.03. The Kier molecular flexibility index (Phi) is 5.57. The lowest BCUT2D eigenvalue weighted by Crippen LogP contribution is -2.00. The SMILES string of the molecule is c1ccc(-c2ccc(-c3nc(-c4ccccc4)nc(-c4ccc5nc6sc7ccccc7c6nc5c4)n3)cc2)cc1. The van der Waals surface area contributed by atoms with E-state index in [0.717, 1.165) is 49.0 Å². The summed E-state index contributed by atoms with van der Waals surface area (Å²) in [5, 5.41) is 1.13. The van der Waals surface area contributed by atoms with Gasteiger partial charge in [-0.1, -0.05) is 103 Å². The number of nitrogens with zero attached hydrogens (tertiary/aromatic N) is 5. The summed E-state index contributed by atoms with van der Waals surface area (Å²) in [5.41, 5.74) is 7.64. The molecule has 6 heteroatoms. The zero-order valence-corrected chi connectivity index (χ0v) is 22.6. The molecule has 0 aliphatic carbocycles. The third-order valence-corrected chi connectivity index (χ3v) is 8.21. The molecule has 0 saturated heterocycles. The first-order valence-corrected chi connectivity index (χ1v) is 14.2. The Morgan fingerprint density at radius 3 is 1.66 bits per heavy atom. The Labute approximate surface area is 239 Å². The van der Waals surface area contributed by atoms with Crippen LogP contribution in [-0.2, 0) is 0 Å². The molecular formula is C35H21N5S. The zero-order valence-electron chi connectivity index (χ0n) is 21.8. The minimum Gasteiger partial charge on any atom is -0.243 e. The summed E-state index contributed by atoms with van der Waals surface area (Å²) in [5.74, 6) is 1.85. The Hall–Kier alpha value is -5.33. The first-order chi connectivity index (χ1) is 20.3. The average molecular weight is 544 g/mol. The molecule has 0 radical (unpaired) electrons. The van der Waals surface area contributed by atoms with Gasteiger partial charge in [0.05, 0.1) is 11.0 Å². The topological polar surface area (TPSA) is 64.5 Å². The van der Waals surface area contributed by atoms with Crippen molar-refractivity contribution >= 4 is 42.8 Å². The molecule has 0 N–H and O–H groups in total. The van der Waals surface area contributed by atoms with Crippen molar-refractivity contribution in [3.8, 4) is 45.3 Å². The van der Waals surface area contributed by atoms with Crippen LogP contribution in [0.2, 0.25) is 0 Å². The van der Waals surface area contributed by atoms with Crippen LogP contribution in [0.5, 0.6) is 0 Å². The van der Waals surface area contributed by atoms with E-state index in [1.807, 2.05) is 78.9 Å². The molecular weight excluding hydrogens is 522 g/mol. The van der Waals surface area contributed by atoms with Crippen LogP contribution in [0.25, 0.3) is 76.8 Å². The van der Waals surface area contributed by atoms with E-state index in [9.17, 15) is 0 Å². The number of hydrogen-bond donors (Lipinski definition) is 0. The van der Waals surface area contributed by atoms with Crippen molar-refractivity contribution < 1.29 is 0 Å². The van der Waals surface area contributed by atoms with E-state index in [1.54, 1.807) is 11.3 Å². The number of rotatable bonds is 4. The fraction of sp³-hybridized carbons (Fsp3) is 0. The molecule has 8 rings (SSSR count). The normalized spacial score (nSPS) is 11.4. The van der Waals surface area contributed by atoms with E-state index in [0.29, 0.717) is 17.5 Å². The Morgan fingerprint density at radius 2 is 0.927 bits per heavy atom. The second kappa shape index (κ2) is 9.70. The van der Waals surface area contributed by atoms with Crippen molar-refractivity contribution in [1.29, 1.82) is 0 Å². The van der Waals surface area contributed by atoms with E-state index in [-0.39, 0.29) is 0 Å². The first-order valence-electron chi connectivity index (χ1n) is 13.4. The van der Waals surface area contributed by atoms with E-state index >= 15 is 0 Å². The third kappa shape index (κ3) is 4.31. The summed E-state index contributed by atoms with van der Waals surface area (Å²) in [6, 6.07) is 43.1. The molecule has 0 amide bonds. The predicted molar refractivity (Wildman–Crippen MR) is 168 cm³/mol. The maximum absolute atomic E-state index is 5.03. The average Bonchev–Trinajstić information content (AvgIpc) is 3.41. The molecule has 5 nitrogen and oxygen atoms in total. The second-order valence-corrected chi connectivity index (χ2v) is 10.8. The zero-order chi connectivity index (χ0) is 27.2. The number of benzene rings is 5. The minimum absolute atomic E-state index is 0.597. The van der Waals surface area contributed by atoms with Crippen LogP contribution in [0.1, 0.15) is 0 Å². The molecule has 192 valence electrons. The molecule has 0 spiro atoms. The minimum atomic E-state index is 0.597. The molecule has 8 aromatic rings. The van der Waals surface area contributed by atoms with Gasteiger partial charge in [0.2, 0.25) is 0 Å². The van der Waals surface area contributed by atoms with Crippen LogP contribution < -0.4 is 0 Å². The quantitative estimate of drug-likeness (QED) is 0.222. The number of thiophene rings is 1.